The summed E-state index contributed by atoms with van der Waals surface area (Å²) in [6.45, 7) is 0.648. The summed E-state index contributed by atoms with van der Waals surface area (Å²) in [5, 5.41) is 14.3. The van der Waals surface area contributed by atoms with Crippen LogP contribution < -0.4 is 5.32 Å². The molecule has 1 N–H and O–H groups in total. The Balaban J connectivity index is 1.65. The van der Waals surface area contributed by atoms with Crippen LogP contribution in [0.2, 0.25) is 0 Å². The number of methoxy groups -OCH3 is 1. The second kappa shape index (κ2) is 8.07. The molecule has 0 radical (unpaired) electrons. The predicted octanol–water partition coefficient (Wildman–Crippen LogP) is 2.44. The van der Waals surface area contributed by atoms with Crippen molar-refractivity contribution in [3.05, 3.63) is 36.2 Å². The number of amides is 1. The van der Waals surface area contributed by atoms with E-state index in [1.54, 1.807) is 35.3 Å². The van der Waals surface area contributed by atoms with Crippen molar-refractivity contribution in [2.45, 2.75) is 45.1 Å². The van der Waals surface area contributed by atoms with Crippen LogP contribution in [-0.4, -0.2) is 39.2 Å². The fourth-order valence-electron chi connectivity index (χ4n) is 3.64. The fourth-order valence-corrected chi connectivity index (χ4v) is 3.64. The Morgan fingerprint density at radius 1 is 1.19 bits per heavy atom. The smallest absolute Gasteiger partial charge is 0.337 e. The summed E-state index contributed by atoms with van der Waals surface area (Å²) in [6, 6.07) is 6.69. The summed E-state index contributed by atoms with van der Waals surface area (Å²) in [6.07, 6.45) is 7.43. The molecule has 8 nitrogen and oxygen atoms in total. The molecule has 1 aliphatic carbocycles. The lowest BCUT2D eigenvalue weighted by Gasteiger charge is -2.36. The van der Waals surface area contributed by atoms with Gasteiger partial charge in [-0.25, -0.2) is 9.48 Å². The van der Waals surface area contributed by atoms with Crippen molar-refractivity contribution in [1.29, 1.82) is 0 Å². The van der Waals surface area contributed by atoms with Gasteiger partial charge in [-0.1, -0.05) is 19.3 Å². The summed E-state index contributed by atoms with van der Waals surface area (Å²) < 4.78 is 6.39. The minimum Gasteiger partial charge on any atom is -0.465 e. The molecule has 0 bridgehead atoms. The van der Waals surface area contributed by atoms with Gasteiger partial charge in [0.2, 0.25) is 5.91 Å². The number of rotatable bonds is 6. The molecule has 8 heteroatoms. The molecule has 0 atom stereocenters. The van der Waals surface area contributed by atoms with E-state index in [0.717, 1.165) is 25.7 Å². The summed E-state index contributed by atoms with van der Waals surface area (Å²) in [5.41, 5.74) is 0.993. The van der Waals surface area contributed by atoms with Crippen LogP contribution in [0.25, 0.3) is 0 Å². The largest absolute Gasteiger partial charge is 0.465 e. The Morgan fingerprint density at radius 3 is 2.54 bits per heavy atom. The molecule has 138 valence electrons. The number of aromatic nitrogens is 4. The summed E-state index contributed by atoms with van der Waals surface area (Å²) in [7, 11) is 1.34. The molecule has 1 fully saturated rings. The van der Waals surface area contributed by atoms with Crippen molar-refractivity contribution < 1.29 is 14.3 Å². The van der Waals surface area contributed by atoms with Gasteiger partial charge in [-0.2, -0.15) is 0 Å². The normalized spacial score (nSPS) is 16.0. The highest BCUT2D eigenvalue weighted by atomic mass is 16.5. The first kappa shape index (κ1) is 18.0. The molecule has 0 saturated heterocycles. The molecule has 1 amide bonds. The zero-order valence-corrected chi connectivity index (χ0v) is 14.9. The van der Waals surface area contributed by atoms with Crippen LogP contribution in [0.15, 0.2) is 30.6 Å². The van der Waals surface area contributed by atoms with Gasteiger partial charge >= 0.3 is 5.97 Å². The van der Waals surface area contributed by atoms with Gasteiger partial charge in [-0.3, -0.25) is 4.79 Å². The molecule has 0 spiro atoms. The maximum Gasteiger partial charge on any atom is 0.337 e. The van der Waals surface area contributed by atoms with E-state index in [1.807, 2.05) is 0 Å². The molecule has 0 aliphatic heterocycles. The van der Waals surface area contributed by atoms with Crippen molar-refractivity contribution >= 4 is 17.6 Å². The van der Waals surface area contributed by atoms with Crippen LogP contribution in [0.1, 0.15) is 48.9 Å². The topological polar surface area (TPSA) is 99.0 Å². The van der Waals surface area contributed by atoms with Gasteiger partial charge in [0.05, 0.1) is 19.2 Å². The first-order valence-electron chi connectivity index (χ1n) is 8.79. The fraction of sp³-hybridized carbons (Fsp3) is 0.500. The lowest BCUT2D eigenvalue weighted by atomic mass is 9.71. The third kappa shape index (κ3) is 4.44. The Labute approximate surface area is 151 Å². The van der Waals surface area contributed by atoms with Crippen molar-refractivity contribution in [3.63, 3.8) is 0 Å². The maximum atomic E-state index is 12.6. The Kier molecular flexibility index (Phi) is 5.60. The van der Waals surface area contributed by atoms with Crippen LogP contribution in [0.4, 0.5) is 5.69 Å². The van der Waals surface area contributed by atoms with Crippen LogP contribution in [-0.2, 0) is 16.1 Å². The molecule has 1 heterocycles. The van der Waals surface area contributed by atoms with E-state index in [-0.39, 0.29) is 11.3 Å². The minimum absolute atomic E-state index is 0.0363. The molecular weight excluding hydrogens is 334 g/mol. The van der Waals surface area contributed by atoms with Gasteiger partial charge in [0.15, 0.2) is 0 Å². The van der Waals surface area contributed by atoms with Gasteiger partial charge < -0.3 is 10.1 Å². The van der Waals surface area contributed by atoms with Crippen molar-refractivity contribution in [2.75, 3.05) is 12.4 Å². The molecule has 1 aromatic heterocycles. The lowest BCUT2D eigenvalue weighted by molar-refractivity contribution is -0.119. The molecule has 1 saturated carbocycles. The second-order valence-corrected chi connectivity index (χ2v) is 6.86. The summed E-state index contributed by atoms with van der Waals surface area (Å²) in [4.78, 5) is 24.1. The minimum atomic E-state index is -0.398. The van der Waals surface area contributed by atoms with E-state index in [1.165, 1.54) is 13.5 Å². The number of carbonyl (C=O) groups is 2. The highest BCUT2D eigenvalue weighted by Gasteiger charge is 2.35. The SMILES string of the molecule is COC(=O)c1ccc(NC(=O)CC2(Cn3cnnn3)CCCCC2)cc1. The molecule has 2 aromatic rings. The van der Waals surface area contributed by atoms with E-state index >= 15 is 0 Å². The number of carbonyl (C=O) groups excluding carboxylic acids is 2. The zero-order chi connectivity index (χ0) is 18.4. The highest BCUT2D eigenvalue weighted by molar-refractivity contribution is 5.93. The Morgan fingerprint density at radius 2 is 1.92 bits per heavy atom. The van der Waals surface area contributed by atoms with Crippen molar-refractivity contribution in [1.82, 2.24) is 20.2 Å². The number of hydrogen-bond acceptors (Lipinski definition) is 6. The Hall–Kier alpha value is -2.77. The molecule has 26 heavy (non-hydrogen) atoms. The molecule has 0 unspecified atom stereocenters. The number of anilines is 1. The highest BCUT2D eigenvalue weighted by Crippen LogP contribution is 2.40. The van der Waals surface area contributed by atoms with E-state index in [2.05, 4.69) is 25.6 Å². The molecule has 1 aliphatic rings. The quantitative estimate of drug-likeness (QED) is 0.797. The number of hydrogen-bond donors (Lipinski definition) is 1. The third-order valence-electron chi connectivity index (χ3n) is 4.93. The monoisotopic (exact) mass is 357 g/mol. The second-order valence-electron chi connectivity index (χ2n) is 6.86. The van der Waals surface area contributed by atoms with Crippen LogP contribution in [0.3, 0.4) is 0 Å². The van der Waals surface area contributed by atoms with Gasteiger partial charge in [-0.05, 0) is 52.9 Å². The predicted molar refractivity (Wildman–Crippen MR) is 94.4 cm³/mol. The van der Waals surface area contributed by atoms with E-state index in [9.17, 15) is 9.59 Å². The molecule has 1 aromatic carbocycles. The summed E-state index contributed by atoms with van der Waals surface area (Å²) >= 11 is 0. The lowest BCUT2D eigenvalue weighted by Crippen LogP contribution is -2.34. The number of ether oxygens (including phenoxy) is 1. The van der Waals surface area contributed by atoms with E-state index < -0.39 is 5.97 Å². The van der Waals surface area contributed by atoms with Gasteiger partial charge in [0.1, 0.15) is 6.33 Å². The van der Waals surface area contributed by atoms with E-state index in [0.29, 0.717) is 24.2 Å². The number of tetrazole rings is 1. The van der Waals surface area contributed by atoms with E-state index in [4.69, 9.17) is 0 Å². The van der Waals surface area contributed by atoms with Gasteiger partial charge in [0.25, 0.3) is 0 Å². The van der Waals surface area contributed by atoms with Crippen LogP contribution in [0.5, 0.6) is 0 Å². The average Bonchev–Trinajstić information content (AvgIpc) is 3.15. The zero-order valence-electron chi connectivity index (χ0n) is 14.9. The van der Waals surface area contributed by atoms with Gasteiger partial charge in [-0.15, -0.1) is 5.10 Å². The van der Waals surface area contributed by atoms with Crippen LogP contribution in [0, 0.1) is 5.41 Å². The first-order valence-corrected chi connectivity index (χ1v) is 8.79. The molecular formula is C18H23N5O3. The standard InChI is InChI=1S/C18H23N5O3/c1-26-17(25)14-5-7-15(8-6-14)20-16(24)11-18(9-3-2-4-10-18)12-23-13-19-21-22-23/h5-8,13H,2-4,9-12H2,1H3,(H,20,24). The van der Waals surface area contributed by atoms with Crippen LogP contribution >= 0.6 is 0 Å². The van der Waals surface area contributed by atoms with Crippen molar-refractivity contribution in [2.24, 2.45) is 5.41 Å². The van der Waals surface area contributed by atoms with Crippen molar-refractivity contribution in [3.8, 4) is 0 Å². The average molecular weight is 357 g/mol. The summed E-state index contributed by atoms with van der Waals surface area (Å²) in [5.74, 6) is -0.434. The number of benzene rings is 1. The first-order chi connectivity index (χ1) is 12.6. The third-order valence-corrected chi connectivity index (χ3v) is 4.93. The number of nitrogens with one attached hydrogen (secondary N) is 1. The maximum absolute atomic E-state index is 12.6. The number of nitrogens with zero attached hydrogens (tertiary/aromatic N) is 4. The van der Waals surface area contributed by atoms with Gasteiger partial charge in [0, 0.05) is 12.1 Å². The number of esters is 1. The molecule has 3 rings (SSSR count). The Bertz CT molecular complexity index is 737.